The van der Waals surface area contributed by atoms with Gasteiger partial charge in [0.05, 0.1) is 18.8 Å². The molecule has 1 unspecified atom stereocenters. The molecule has 1 aliphatic heterocycles. The number of ketones is 1. The number of ether oxygens (including phenoxy) is 2. The number of unbranched alkanes of at least 4 members (excludes halogenated alkanes) is 4. The number of hydrogen-bond donors (Lipinski definition) is 1. The smallest absolute Gasteiger partial charge is 0.192 e. The van der Waals surface area contributed by atoms with Crippen LogP contribution in [-0.2, 0) is 18.7 Å². The first-order chi connectivity index (χ1) is 16.7. The fourth-order valence-corrected chi connectivity index (χ4v) is 5.66. The van der Waals surface area contributed by atoms with Crippen LogP contribution in [0.2, 0.25) is 18.1 Å². The van der Waals surface area contributed by atoms with Gasteiger partial charge in [0.15, 0.2) is 14.1 Å². The first kappa shape index (κ1) is 33.2. The number of aliphatic hydroxyl groups excluding tert-OH is 1. The summed E-state index contributed by atoms with van der Waals surface area (Å²) in [6, 6.07) is 0. The van der Waals surface area contributed by atoms with Crippen LogP contribution < -0.4 is 0 Å². The summed E-state index contributed by atoms with van der Waals surface area (Å²) in [6.45, 7) is 19.7. The molecule has 0 bridgehead atoms. The second kappa shape index (κ2) is 15.6. The molecular weight excluding hydrogens is 468 g/mol. The van der Waals surface area contributed by atoms with Gasteiger partial charge in [0.2, 0.25) is 0 Å². The number of carbonyl (C=O) groups excluding carboxylic acids is 1. The van der Waals surface area contributed by atoms with Crippen molar-refractivity contribution < 1.29 is 23.8 Å². The van der Waals surface area contributed by atoms with E-state index in [2.05, 4.69) is 65.1 Å². The molecule has 1 N–H and O–H groups in total. The molecule has 0 aliphatic carbocycles. The number of hydrogen-bond acceptors (Lipinski definition) is 5. The predicted molar refractivity (Wildman–Crippen MR) is 153 cm³/mol. The molecule has 0 saturated carbocycles. The van der Waals surface area contributed by atoms with Gasteiger partial charge in [-0.2, -0.15) is 0 Å². The van der Waals surface area contributed by atoms with Crippen molar-refractivity contribution in [3.63, 3.8) is 0 Å². The summed E-state index contributed by atoms with van der Waals surface area (Å²) in [5.41, 5.74) is 0. The van der Waals surface area contributed by atoms with E-state index in [4.69, 9.17) is 13.9 Å². The molecule has 0 aromatic carbocycles. The Hall–Kier alpha value is -0.793. The summed E-state index contributed by atoms with van der Waals surface area (Å²) in [7, 11) is -1.99. The van der Waals surface area contributed by atoms with E-state index in [1.54, 1.807) is 6.92 Å². The van der Waals surface area contributed by atoms with Crippen molar-refractivity contribution in [2.45, 2.75) is 136 Å². The van der Waals surface area contributed by atoms with Crippen LogP contribution in [0.15, 0.2) is 24.3 Å². The molecule has 0 amide bonds. The lowest BCUT2D eigenvalue weighted by Crippen LogP contribution is -2.43. The highest BCUT2D eigenvalue weighted by atomic mass is 28.4. The van der Waals surface area contributed by atoms with Crippen LogP contribution in [0.3, 0.4) is 0 Å². The monoisotopic (exact) mass is 524 g/mol. The number of aliphatic hydroxyl groups is 1. The standard InChI is InChI=1S/C30H56O5Si/c1-10-11-12-13-14-15-19-26(24(2)32)27(28-23-33-30(6,7)34-28)21-20-25(18-16-17-22-31)35-36(8,9)29(3,4)5/h14-15,20-21,25-28,31H,10-13,16-19,22-23H2,1-9H3/b15-14-,21-20+/t25?,26-,27+,28-/m1/s1. The summed E-state index contributed by atoms with van der Waals surface area (Å²) in [5, 5.41) is 9.42. The number of allylic oxidation sites excluding steroid dienone is 2. The topological polar surface area (TPSA) is 65.0 Å². The quantitative estimate of drug-likeness (QED) is 0.121. The van der Waals surface area contributed by atoms with Crippen molar-refractivity contribution in [3.05, 3.63) is 24.3 Å². The van der Waals surface area contributed by atoms with Crippen LogP contribution in [0.5, 0.6) is 0 Å². The SMILES string of the molecule is CCCCC/C=C\C[C@H](C(C)=O)[C@H](/C=C/C(CCCCO)O[Si](C)(C)C(C)(C)C)[C@H]1COC(C)(C)O1. The molecule has 1 heterocycles. The highest BCUT2D eigenvalue weighted by Crippen LogP contribution is 2.38. The summed E-state index contributed by atoms with van der Waals surface area (Å²) >= 11 is 0. The minimum absolute atomic E-state index is 0.0486. The van der Waals surface area contributed by atoms with Crippen molar-refractivity contribution in [3.8, 4) is 0 Å². The summed E-state index contributed by atoms with van der Waals surface area (Å²) in [4.78, 5) is 12.9. The van der Waals surface area contributed by atoms with E-state index >= 15 is 0 Å². The molecule has 0 aromatic heterocycles. The Morgan fingerprint density at radius 1 is 1.14 bits per heavy atom. The zero-order valence-corrected chi connectivity index (χ0v) is 25.8. The second-order valence-electron chi connectivity index (χ2n) is 12.4. The molecular formula is C30H56O5Si. The summed E-state index contributed by atoms with van der Waals surface area (Å²) in [5.74, 6) is -0.727. The molecule has 210 valence electrons. The van der Waals surface area contributed by atoms with Gasteiger partial charge in [0.25, 0.3) is 0 Å². The zero-order valence-electron chi connectivity index (χ0n) is 24.8. The van der Waals surface area contributed by atoms with Crippen LogP contribution >= 0.6 is 0 Å². The third-order valence-electron chi connectivity index (χ3n) is 7.67. The fourth-order valence-electron chi connectivity index (χ4n) is 4.35. The Kier molecular flexibility index (Phi) is 14.4. The van der Waals surface area contributed by atoms with Gasteiger partial charge in [-0.1, -0.05) is 64.8 Å². The Labute approximate surface area is 223 Å². The maximum atomic E-state index is 12.9. The number of rotatable bonds is 17. The molecule has 1 rings (SSSR count). The van der Waals surface area contributed by atoms with Crippen LogP contribution in [0.1, 0.15) is 99.8 Å². The number of carbonyl (C=O) groups is 1. The maximum absolute atomic E-state index is 12.9. The lowest BCUT2D eigenvalue weighted by molar-refractivity contribution is -0.147. The Morgan fingerprint density at radius 3 is 2.36 bits per heavy atom. The van der Waals surface area contributed by atoms with E-state index in [-0.39, 0.29) is 41.5 Å². The van der Waals surface area contributed by atoms with Crippen LogP contribution in [0.25, 0.3) is 0 Å². The van der Waals surface area contributed by atoms with Gasteiger partial charge in [-0.3, -0.25) is 4.79 Å². The first-order valence-corrected chi connectivity index (χ1v) is 17.1. The largest absolute Gasteiger partial charge is 0.411 e. The summed E-state index contributed by atoms with van der Waals surface area (Å²) < 4.78 is 19.0. The Bertz CT molecular complexity index is 692. The van der Waals surface area contributed by atoms with Gasteiger partial charge in [-0.15, -0.1) is 0 Å². The minimum atomic E-state index is -1.99. The zero-order chi connectivity index (χ0) is 27.4. The Balaban J connectivity index is 3.17. The van der Waals surface area contributed by atoms with Gasteiger partial charge in [-0.25, -0.2) is 0 Å². The van der Waals surface area contributed by atoms with E-state index in [1.165, 1.54) is 19.3 Å². The Morgan fingerprint density at radius 2 is 1.83 bits per heavy atom. The highest BCUT2D eigenvalue weighted by Gasteiger charge is 2.41. The van der Waals surface area contributed by atoms with E-state index in [9.17, 15) is 9.90 Å². The average molecular weight is 525 g/mol. The molecule has 5 nitrogen and oxygen atoms in total. The van der Waals surface area contributed by atoms with Crippen LogP contribution in [-0.4, -0.2) is 50.4 Å². The minimum Gasteiger partial charge on any atom is -0.411 e. The number of Topliss-reactive ketones (excluding diaryl/α,β-unsaturated/α-hetero) is 1. The van der Waals surface area contributed by atoms with Gasteiger partial charge in [0, 0.05) is 18.4 Å². The van der Waals surface area contributed by atoms with Gasteiger partial charge in [-0.05, 0) is 77.4 Å². The normalized spacial score (nSPS) is 21.3. The highest BCUT2D eigenvalue weighted by molar-refractivity contribution is 6.74. The molecule has 1 aliphatic rings. The van der Waals surface area contributed by atoms with Gasteiger partial charge in [0.1, 0.15) is 5.78 Å². The molecule has 0 radical (unpaired) electrons. The van der Waals surface area contributed by atoms with E-state index < -0.39 is 14.1 Å². The first-order valence-electron chi connectivity index (χ1n) is 14.2. The summed E-state index contributed by atoms with van der Waals surface area (Å²) in [6.07, 6.45) is 16.4. The van der Waals surface area contributed by atoms with Crippen LogP contribution in [0.4, 0.5) is 0 Å². The fraction of sp³-hybridized carbons (Fsp3) is 0.833. The molecule has 36 heavy (non-hydrogen) atoms. The lowest BCUT2D eigenvalue weighted by atomic mass is 9.82. The predicted octanol–water partition coefficient (Wildman–Crippen LogP) is 7.60. The van der Waals surface area contributed by atoms with E-state index in [1.807, 2.05) is 13.8 Å². The maximum Gasteiger partial charge on any atom is 0.192 e. The molecule has 0 spiro atoms. The van der Waals surface area contributed by atoms with E-state index in [0.717, 1.165) is 25.7 Å². The van der Waals surface area contributed by atoms with Gasteiger partial charge < -0.3 is 19.0 Å². The van der Waals surface area contributed by atoms with Crippen molar-refractivity contribution in [2.24, 2.45) is 11.8 Å². The third kappa shape index (κ3) is 11.7. The van der Waals surface area contributed by atoms with Crippen molar-refractivity contribution >= 4 is 14.1 Å². The molecule has 4 atom stereocenters. The third-order valence-corrected chi connectivity index (χ3v) is 12.2. The second-order valence-corrected chi connectivity index (χ2v) is 17.1. The van der Waals surface area contributed by atoms with Gasteiger partial charge >= 0.3 is 0 Å². The molecule has 1 saturated heterocycles. The molecule has 6 heteroatoms. The molecule has 0 aromatic rings. The van der Waals surface area contributed by atoms with Crippen molar-refractivity contribution in [1.29, 1.82) is 0 Å². The van der Waals surface area contributed by atoms with E-state index in [0.29, 0.717) is 13.0 Å². The lowest BCUT2D eigenvalue weighted by Gasteiger charge is -2.39. The average Bonchev–Trinajstić information content (AvgIpc) is 3.12. The van der Waals surface area contributed by atoms with Crippen molar-refractivity contribution in [1.82, 2.24) is 0 Å². The van der Waals surface area contributed by atoms with Crippen molar-refractivity contribution in [2.75, 3.05) is 13.2 Å². The van der Waals surface area contributed by atoms with Crippen LogP contribution in [0, 0.1) is 11.8 Å². The molecule has 1 fully saturated rings.